The highest BCUT2D eigenvalue weighted by molar-refractivity contribution is 7.98. The van der Waals surface area contributed by atoms with Crippen LogP contribution in [0.4, 0.5) is 4.79 Å². The average Bonchev–Trinajstić information content (AvgIpc) is 2.29. The van der Waals surface area contributed by atoms with Crippen molar-refractivity contribution in [1.82, 2.24) is 10.6 Å². The Morgan fingerprint density at radius 1 is 1.47 bits per heavy atom. The molecule has 0 heterocycles. The van der Waals surface area contributed by atoms with Crippen molar-refractivity contribution >= 4 is 17.8 Å². The summed E-state index contributed by atoms with van der Waals surface area (Å²) in [6.07, 6.45) is 6.33. The first-order valence-corrected chi connectivity index (χ1v) is 7.73. The summed E-state index contributed by atoms with van der Waals surface area (Å²) in [5, 5.41) is 15.2. The Balaban J connectivity index is 2.33. The third-order valence-electron chi connectivity index (χ3n) is 3.25. The zero-order valence-electron chi connectivity index (χ0n) is 10.7. The van der Waals surface area contributed by atoms with Gasteiger partial charge in [0, 0.05) is 30.4 Å². The number of carbonyl (C=O) groups excluding carboxylic acids is 1. The van der Waals surface area contributed by atoms with Crippen LogP contribution >= 0.6 is 11.8 Å². The molecule has 17 heavy (non-hydrogen) atoms. The predicted octanol–water partition coefficient (Wildman–Crippen LogP) is 1.59. The van der Waals surface area contributed by atoms with Crippen molar-refractivity contribution in [2.45, 2.75) is 44.7 Å². The van der Waals surface area contributed by atoms with E-state index in [9.17, 15) is 9.90 Å². The van der Waals surface area contributed by atoms with Gasteiger partial charge in [0.1, 0.15) is 0 Å². The van der Waals surface area contributed by atoms with E-state index in [0.717, 1.165) is 31.4 Å². The van der Waals surface area contributed by atoms with Crippen molar-refractivity contribution in [3.63, 3.8) is 0 Å². The smallest absolute Gasteiger partial charge is 0.315 e. The number of carbonyl (C=O) groups is 1. The summed E-state index contributed by atoms with van der Waals surface area (Å²) >= 11 is 1.72. The molecule has 1 rings (SSSR count). The first kappa shape index (κ1) is 14.6. The van der Waals surface area contributed by atoms with Crippen LogP contribution in [0, 0.1) is 5.92 Å². The highest BCUT2D eigenvalue weighted by atomic mass is 32.2. The van der Waals surface area contributed by atoms with Crippen LogP contribution in [-0.2, 0) is 0 Å². The molecule has 1 aliphatic carbocycles. The zero-order valence-corrected chi connectivity index (χ0v) is 11.6. The molecule has 5 heteroatoms. The van der Waals surface area contributed by atoms with Gasteiger partial charge in [-0.2, -0.15) is 11.8 Å². The Hall–Kier alpha value is -0.420. The Morgan fingerprint density at radius 3 is 2.82 bits per heavy atom. The van der Waals surface area contributed by atoms with Crippen molar-refractivity contribution in [2.75, 3.05) is 18.6 Å². The summed E-state index contributed by atoms with van der Waals surface area (Å²) in [4.78, 5) is 11.7. The summed E-state index contributed by atoms with van der Waals surface area (Å²) in [6.45, 7) is 2.17. The lowest BCUT2D eigenvalue weighted by Gasteiger charge is -2.31. The van der Waals surface area contributed by atoms with E-state index in [1.54, 1.807) is 11.8 Å². The molecule has 0 aromatic rings. The number of nitrogens with one attached hydrogen (secondary N) is 2. The minimum atomic E-state index is -0.100. The minimum absolute atomic E-state index is 0.100. The number of urea groups is 1. The Bertz CT molecular complexity index is 239. The second-order valence-corrected chi connectivity index (χ2v) is 5.72. The zero-order chi connectivity index (χ0) is 12.7. The number of hydrogen-bond donors (Lipinski definition) is 3. The molecule has 1 saturated carbocycles. The van der Waals surface area contributed by atoms with Gasteiger partial charge in [-0.05, 0) is 26.0 Å². The molecule has 0 radical (unpaired) electrons. The fourth-order valence-electron chi connectivity index (χ4n) is 2.34. The fourth-order valence-corrected chi connectivity index (χ4v) is 2.93. The van der Waals surface area contributed by atoms with Gasteiger partial charge in [0.15, 0.2) is 0 Å². The molecule has 0 aromatic heterocycles. The maximum Gasteiger partial charge on any atom is 0.315 e. The van der Waals surface area contributed by atoms with Crippen molar-refractivity contribution < 1.29 is 9.90 Å². The average molecular weight is 260 g/mol. The predicted molar refractivity (Wildman–Crippen MR) is 72.3 cm³/mol. The Labute approximate surface area is 108 Å². The Kier molecular flexibility index (Phi) is 6.73. The molecule has 3 atom stereocenters. The third-order valence-corrected chi connectivity index (χ3v) is 4.09. The molecule has 0 spiro atoms. The quantitative estimate of drug-likeness (QED) is 0.703. The molecular weight excluding hydrogens is 236 g/mol. The van der Waals surface area contributed by atoms with Crippen LogP contribution in [0.1, 0.15) is 32.6 Å². The number of aliphatic hydroxyl groups is 1. The van der Waals surface area contributed by atoms with Crippen LogP contribution in [-0.4, -0.2) is 41.8 Å². The molecule has 0 saturated heterocycles. The molecule has 1 fully saturated rings. The molecule has 1 aliphatic rings. The lowest BCUT2D eigenvalue weighted by Crippen LogP contribution is -2.50. The standard InChI is InChI=1S/C12H24N2O2S/c1-9(8-17-2)13-12(16)14-11-6-4-3-5-10(11)7-15/h9-11,15H,3-8H2,1-2H3,(H2,13,14,16)/t9-,10-,11-/m1/s1. The molecule has 2 amide bonds. The van der Waals surface area contributed by atoms with Crippen LogP contribution < -0.4 is 10.6 Å². The normalized spacial score (nSPS) is 26.3. The number of aliphatic hydroxyl groups excluding tert-OH is 1. The molecule has 3 N–H and O–H groups in total. The molecule has 100 valence electrons. The van der Waals surface area contributed by atoms with Crippen molar-refractivity contribution in [2.24, 2.45) is 5.92 Å². The van der Waals surface area contributed by atoms with Gasteiger partial charge in [-0.25, -0.2) is 4.79 Å². The van der Waals surface area contributed by atoms with Crippen LogP contribution in [0.15, 0.2) is 0 Å². The topological polar surface area (TPSA) is 61.4 Å². The van der Waals surface area contributed by atoms with Gasteiger partial charge in [0.25, 0.3) is 0 Å². The molecule has 4 nitrogen and oxygen atoms in total. The highest BCUT2D eigenvalue weighted by Crippen LogP contribution is 2.23. The summed E-state index contributed by atoms with van der Waals surface area (Å²) in [7, 11) is 0. The van der Waals surface area contributed by atoms with Crippen molar-refractivity contribution in [1.29, 1.82) is 0 Å². The molecule has 0 aromatic carbocycles. The summed E-state index contributed by atoms with van der Waals surface area (Å²) in [5.41, 5.74) is 0. The van der Waals surface area contributed by atoms with E-state index in [0.29, 0.717) is 0 Å². The number of amides is 2. The maximum absolute atomic E-state index is 11.7. The van der Waals surface area contributed by atoms with Gasteiger partial charge in [-0.15, -0.1) is 0 Å². The third kappa shape index (κ3) is 5.17. The molecule has 0 unspecified atom stereocenters. The molecular formula is C12H24N2O2S. The van der Waals surface area contributed by atoms with E-state index in [4.69, 9.17) is 0 Å². The maximum atomic E-state index is 11.7. The summed E-state index contributed by atoms with van der Waals surface area (Å²) in [6, 6.07) is 0.216. The van der Waals surface area contributed by atoms with Gasteiger partial charge in [0.2, 0.25) is 0 Å². The van der Waals surface area contributed by atoms with Crippen LogP contribution in [0.3, 0.4) is 0 Å². The first-order chi connectivity index (χ1) is 8.17. The van der Waals surface area contributed by atoms with E-state index in [2.05, 4.69) is 10.6 Å². The van der Waals surface area contributed by atoms with Gasteiger partial charge in [0.05, 0.1) is 0 Å². The minimum Gasteiger partial charge on any atom is -0.396 e. The van der Waals surface area contributed by atoms with Gasteiger partial charge >= 0.3 is 6.03 Å². The van der Waals surface area contributed by atoms with Crippen LogP contribution in [0.25, 0.3) is 0 Å². The lowest BCUT2D eigenvalue weighted by atomic mass is 9.85. The molecule has 0 bridgehead atoms. The summed E-state index contributed by atoms with van der Waals surface area (Å²) < 4.78 is 0. The van der Waals surface area contributed by atoms with Crippen LogP contribution in [0.2, 0.25) is 0 Å². The fraction of sp³-hybridized carbons (Fsp3) is 0.917. The van der Waals surface area contributed by atoms with Crippen LogP contribution in [0.5, 0.6) is 0 Å². The number of rotatable bonds is 5. The van der Waals surface area contributed by atoms with Gasteiger partial charge < -0.3 is 15.7 Å². The van der Waals surface area contributed by atoms with E-state index in [1.807, 2.05) is 13.2 Å². The monoisotopic (exact) mass is 260 g/mol. The second-order valence-electron chi connectivity index (χ2n) is 4.81. The van der Waals surface area contributed by atoms with Gasteiger partial charge in [-0.3, -0.25) is 0 Å². The van der Waals surface area contributed by atoms with E-state index < -0.39 is 0 Å². The first-order valence-electron chi connectivity index (χ1n) is 6.34. The van der Waals surface area contributed by atoms with Gasteiger partial charge in [-0.1, -0.05) is 12.8 Å². The highest BCUT2D eigenvalue weighted by Gasteiger charge is 2.25. The lowest BCUT2D eigenvalue weighted by molar-refractivity contribution is 0.153. The second kappa shape index (κ2) is 7.82. The summed E-state index contributed by atoms with van der Waals surface area (Å²) in [5.74, 6) is 1.15. The Morgan fingerprint density at radius 2 is 2.18 bits per heavy atom. The van der Waals surface area contributed by atoms with E-state index in [1.165, 1.54) is 0 Å². The van der Waals surface area contributed by atoms with E-state index in [-0.39, 0.29) is 30.6 Å². The van der Waals surface area contributed by atoms with E-state index >= 15 is 0 Å². The SMILES string of the molecule is CSC[C@@H](C)NC(=O)N[C@@H]1CCCC[C@@H]1CO. The number of thioether (sulfide) groups is 1. The largest absolute Gasteiger partial charge is 0.396 e. The molecule has 0 aliphatic heterocycles. The van der Waals surface area contributed by atoms with Crippen molar-refractivity contribution in [3.8, 4) is 0 Å². The number of hydrogen-bond acceptors (Lipinski definition) is 3. The van der Waals surface area contributed by atoms with Crippen molar-refractivity contribution in [3.05, 3.63) is 0 Å².